The Morgan fingerprint density at radius 3 is 3.00 bits per heavy atom. The minimum absolute atomic E-state index is 0.0207. The summed E-state index contributed by atoms with van der Waals surface area (Å²) in [6.07, 6.45) is 0.697. The van der Waals surface area contributed by atoms with Crippen molar-refractivity contribution in [2.24, 2.45) is 0 Å². The maximum Gasteiger partial charge on any atom is 0.317 e. The lowest BCUT2D eigenvalue weighted by molar-refractivity contribution is -0.0364. The first-order valence-electron chi connectivity index (χ1n) is 8.83. The number of piperazine rings is 1. The van der Waals surface area contributed by atoms with E-state index in [1.165, 1.54) is 0 Å². The first kappa shape index (κ1) is 17.7. The summed E-state index contributed by atoms with van der Waals surface area (Å²) in [7, 11) is 1.62. The molecular formula is C18H26N4O3. The topological polar surface area (TPSA) is 73.9 Å². The summed E-state index contributed by atoms with van der Waals surface area (Å²) in [6, 6.07) is 7.78. The smallest absolute Gasteiger partial charge is 0.317 e. The summed E-state index contributed by atoms with van der Waals surface area (Å²) in [4.78, 5) is 28.3. The highest BCUT2D eigenvalue weighted by Gasteiger charge is 2.31. The van der Waals surface area contributed by atoms with Gasteiger partial charge in [0.05, 0.1) is 19.3 Å². The number of nitrogens with zero attached hydrogens (tertiary/aromatic N) is 2. The zero-order valence-electron chi connectivity index (χ0n) is 14.7. The number of fused-ring (bicyclic) bond motifs is 1. The monoisotopic (exact) mass is 346 g/mol. The number of amides is 3. The highest BCUT2D eigenvalue weighted by atomic mass is 16.5. The Kier molecular flexibility index (Phi) is 5.88. The van der Waals surface area contributed by atoms with Crippen LogP contribution in [0.3, 0.4) is 0 Å². The van der Waals surface area contributed by atoms with Gasteiger partial charge in [-0.3, -0.25) is 9.69 Å². The van der Waals surface area contributed by atoms with Crippen LogP contribution in [0.1, 0.15) is 15.9 Å². The average Bonchev–Trinajstić information content (AvgIpc) is 2.67. The van der Waals surface area contributed by atoms with Gasteiger partial charge in [0.2, 0.25) is 0 Å². The molecule has 0 unspecified atom stereocenters. The first-order valence-corrected chi connectivity index (χ1v) is 8.83. The molecule has 0 saturated carbocycles. The van der Waals surface area contributed by atoms with E-state index in [4.69, 9.17) is 4.74 Å². The van der Waals surface area contributed by atoms with E-state index in [-0.39, 0.29) is 11.9 Å². The van der Waals surface area contributed by atoms with E-state index in [0.717, 1.165) is 38.3 Å². The Hall–Kier alpha value is -2.12. The molecule has 25 heavy (non-hydrogen) atoms. The van der Waals surface area contributed by atoms with E-state index < -0.39 is 0 Å². The SMILES string of the molecule is CNC(=O)c1cccc(CCNC(=O)N2CCN3CCOC[C@@H]3C2)c1. The molecule has 0 radical (unpaired) electrons. The highest BCUT2D eigenvalue weighted by molar-refractivity contribution is 5.94. The molecule has 1 aromatic rings. The maximum absolute atomic E-state index is 12.4. The van der Waals surface area contributed by atoms with Crippen LogP contribution in [0.2, 0.25) is 0 Å². The van der Waals surface area contributed by atoms with Crippen LogP contribution in [0.15, 0.2) is 24.3 Å². The average molecular weight is 346 g/mol. The molecule has 3 amide bonds. The van der Waals surface area contributed by atoms with Crippen molar-refractivity contribution in [3.63, 3.8) is 0 Å². The third kappa shape index (κ3) is 4.49. The lowest BCUT2D eigenvalue weighted by atomic mass is 10.1. The van der Waals surface area contributed by atoms with Crippen molar-refractivity contribution in [1.29, 1.82) is 0 Å². The zero-order valence-corrected chi connectivity index (χ0v) is 14.7. The number of ether oxygens (including phenoxy) is 1. The van der Waals surface area contributed by atoms with Gasteiger partial charge in [0.1, 0.15) is 0 Å². The largest absolute Gasteiger partial charge is 0.378 e. The molecule has 2 N–H and O–H groups in total. The maximum atomic E-state index is 12.4. The van der Waals surface area contributed by atoms with Crippen LogP contribution < -0.4 is 10.6 Å². The van der Waals surface area contributed by atoms with Crippen molar-refractivity contribution in [1.82, 2.24) is 20.4 Å². The molecule has 1 atom stereocenters. The summed E-state index contributed by atoms with van der Waals surface area (Å²) >= 11 is 0. The van der Waals surface area contributed by atoms with Gasteiger partial charge in [-0.05, 0) is 24.1 Å². The molecule has 2 aliphatic heterocycles. The Morgan fingerprint density at radius 1 is 1.28 bits per heavy atom. The lowest BCUT2D eigenvalue weighted by Crippen LogP contribution is -2.60. The van der Waals surface area contributed by atoms with Crippen LogP contribution in [0.5, 0.6) is 0 Å². The Morgan fingerprint density at radius 2 is 2.16 bits per heavy atom. The number of benzene rings is 1. The van der Waals surface area contributed by atoms with Crippen molar-refractivity contribution < 1.29 is 14.3 Å². The predicted molar refractivity (Wildman–Crippen MR) is 94.7 cm³/mol. The summed E-state index contributed by atoms with van der Waals surface area (Å²) in [5, 5.41) is 5.61. The van der Waals surface area contributed by atoms with Crippen LogP contribution in [-0.2, 0) is 11.2 Å². The Bertz CT molecular complexity index is 622. The summed E-state index contributed by atoms with van der Waals surface area (Å²) in [5.74, 6) is -0.0987. The van der Waals surface area contributed by atoms with Crippen molar-refractivity contribution in [3.8, 4) is 0 Å². The predicted octanol–water partition coefficient (Wildman–Crippen LogP) is 0.315. The third-order valence-corrected chi connectivity index (χ3v) is 4.83. The molecule has 2 fully saturated rings. The number of urea groups is 1. The van der Waals surface area contributed by atoms with Crippen LogP contribution in [0.4, 0.5) is 4.79 Å². The second-order valence-corrected chi connectivity index (χ2v) is 6.47. The van der Waals surface area contributed by atoms with Crippen molar-refractivity contribution in [3.05, 3.63) is 35.4 Å². The molecule has 2 aliphatic rings. The van der Waals surface area contributed by atoms with Crippen LogP contribution in [0, 0.1) is 0 Å². The molecule has 3 rings (SSSR count). The quantitative estimate of drug-likeness (QED) is 0.823. The summed E-state index contributed by atoms with van der Waals surface area (Å²) in [5.41, 5.74) is 1.67. The minimum atomic E-state index is -0.0987. The number of morpholine rings is 1. The first-order chi connectivity index (χ1) is 12.2. The molecule has 0 aliphatic carbocycles. The molecule has 0 spiro atoms. The van der Waals surface area contributed by atoms with E-state index in [9.17, 15) is 9.59 Å². The van der Waals surface area contributed by atoms with Crippen molar-refractivity contribution in [2.75, 3.05) is 53.0 Å². The zero-order chi connectivity index (χ0) is 17.6. The molecule has 7 heteroatoms. The number of hydrogen-bond donors (Lipinski definition) is 2. The van der Waals surface area contributed by atoms with E-state index >= 15 is 0 Å². The van der Waals surface area contributed by atoms with Crippen molar-refractivity contribution in [2.45, 2.75) is 12.5 Å². The van der Waals surface area contributed by atoms with Gasteiger partial charge in [0.15, 0.2) is 0 Å². The standard InChI is InChI=1S/C18H26N4O3/c1-19-17(23)15-4-2-3-14(11-15)5-6-20-18(24)22-8-7-21-9-10-25-13-16(21)12-22/h2-4,11,16H,5-10,12-13H2,1H3,(H,19,23)(H,20,24)/t16-/m0/s1. The normalized spacial score (nSPS) is 20.7. The summed E-state index contributed by atoms with van der Waals surface area (Å²) < 4.78 is 5.51. The second-order valence-electron chi connectivity index (χ2n) is 6.47. The third-order valence-electron chi connectivity index (χ3n) is 4.83. The number of carbonyl (C=O) groups excluding carboxylic acids is 2. The van der Waals surface area contributed by atoms with Gasteiger partial charge in [-0.2, -0.15) is 0 Å². The molecule has 2 heterocycles. The Labute approximate surface area is 148 Å². The van der Waals surface area contributed by atoms with Crippen LogP contribution >= 0.6 is 0 Å². The van der Waals surface area contributed by atoms with Gasteiger partial charge in [-0.25, -0.2) is 4.79 Å². The van der Waals surface area contributed by atoms with Gasteiger partial charge in [0.25, 0.3) is 5.91 Å². The highest BCUT2D eigenvalue weighted by Crippen LogP contribution is 2.13. The molecule has 0 aromatic heterocycles. The number of rotatable bonds is 4. The van der Waals surface area contributed by atoms with E-state index in [1.54, 1.807) is 13.1 Å². The number of hydrogen-bond acceptors (Lipinski definition) is 4. The minimum Gasteiger partial charge on any atom is -0.378 e. The lowest BCUT2D eigenvalue weighted by Gasteiger charge is -2.43. The van der Waals surface area contributed by atoms with E-state index in [1.807, 2.05) is 23.1 Å². The van der Waals surface area contributed by atoms with Gasteiger partial charge < -0.3 is 20.3 Å². The van der Waals surface area contributed by atoms with Crippen molar-refractivity contribution >= 4 is 11.9 Å². The van der Waals surface area contributed by atoms with E-state index in [0.29, 0.717) is 31.2 Å². The van der Waals surface area contributed by atoms with Gasteiger partial charge in [-0.1, -0.05) is 12.1 Å². The molecule has 1 aromatic carbocycles. The fourth-order valence-corrected chi connectivity index (χ4v) is 3.37. The molecule has 136 valence electrons. The fourth-order valence-electron chi connectivity index (χ4n) is 3.37. The molecule has 7 nitrogen and oxygen atoms in total. The molecule has 2 saturated heterocycles. The second kappa shape index (κ2) is 8.31. The van der Waals surface area contributed by atoms with Crippen LogP contribution in [-0.4, -0.2) is 80.8 Å². The summed E-state index contributed by atoms with van der Waals surface area (Å²) in [6.45, 7) is 5.40. The van der Waals surface area contributed by atoms with Gasteiger partial charge >= 0.3 is 6.03 Å². The number of carbonyl (C=O) groups is 2. The Balaban J connectivity index is 1.46. The van der Waals surface area contributed by atoms with Crippen LogP contribution in [0.25, 0.3) is 0 Å². The van der Waals surface area contributed by atoms with E-state index in [2.05, 4.69) is 15.5 Å². The molecular weight excluding hydrogens is 320 g/mol. The molecule has 0 bridgehead atoms. The van der Waals surface area contributed by atoms with Gasteiger partial charge in [0, 0.05) is 45.3 Å². The van der Waals surface area contributed by atoms with Gasteiger partial charge in [-0.15, -0.1) is 0 Å². The fraction of sp³-hybridized carbons (Fsp3) is 0.556. The number of nitrogens with one attached hydrogen (secondary N) is 2.